The largest absolute Gasteiger partial charge is 0.355 e. The van der Waals surface area contributed by atoms with Crippen molar-refractivity contribution in [2.75, 3.05) is 5.32 Å². The molecule has 0 aliphatic rings. The third kappa shape index (κ3) is 3.43. The molecule has 0 fully saturated rings. The lowest BCUT2D eigenvalue weighted by Gasteiger charge is -2.08. The number of anilines is 1. The first-order valence-electron chi connectivity index (χ1n) is 10.3. The molecule has 0 atom stereocenters. The first-order chi connectivity index (χ1) is 15.5. The lowest BCUT2D eigenvalue weighted by atomic mass is 10.1. The van der Waals surface area contributed by atoms with Crippen molar-refractivity contribution < 1.29 is 9.32 Å². The molecule has 7 nitrogen and oxygen atoms in total. The third-order valence-corrected chi connectivity index (χ3v) is 5.48. The monoisotopic (exact) mass is 423 g/mol. The first-order valence-corrected chi connectivity index (χ1v) is 10.3. The molecule has 3 aromatic carbocycles. The van der Waals surface area contributed by atoms with E-state index in [4.69, 9.17) is 4.52 Å². The number of nitrogens with one attached hydrogen (secondary N) is 1. The van der Waals surface area contributed by atoms with Crippen LogP contribution in [0.1, 0.15) is 27.3 Å². The van der Waals surface area contributed by atoms with Gasteiger partial charge in [0.15, 0.2) is 11.5 Å². The zero-order valence-electron chi connectivity index (χ0n) is 18.0. The highest BCUT2D eigenvalue weighted by molar-refractivity contribution is 6.04. The summed E-state index contributed by atoms with van der Waals surface area (Å²) in [7, 11) is 0. The number of aryl methyl sites for hydroxylation is 2. The fourth-order valence-electron chi connectivity index (χ4n) is 3.78. The number of fused-ring (bicyclic) bond motifs is 1. The average molecular weight is 423 g/mol. The molecule has 0 spiro atoms. The summed E-state index contributed by atoms with van der Waals surface area (Å²) < 4.78 is 7.24. The minimum atomic E-state index is -0.295. The summed E-state index contributed by atoms with van der Waals surface area (Å²) in [4.78, 5) is 12.9. The molecule has 1 N–H and O–H groups in total. The third-order valence-electron chi connectivity index (χ3n) is 5.48. The molecule has 0 aliphatic heterocycles. The van der Waals surface area contributed by atoms with E-state index in [0.717, 1.165) is 39.0 Å². The van der Waals surface area contributed by atoms with Crippen LogP contribution in [-0.4, -0.2) is 26.1 Å². The minimum absolute atomic E-state index is 0.277. The summed E-state index contributed by atoms with van der Waals surface area (Å²) in [5.41, 5.74) is 6.27. The van der Waals surface area contributed by atoms with Crippen LogP contribution < -0.4 is 5.32 Å². The van der Waals surface area contributed by atoms with Crippen LogP contribution in [0.2, 0.25) is 0 Å². The van der Waals surface area contributed by atoms with Gasteiger partial charge in [0, 0.05) is 11.3 Å². The Morgan fingerprint density at radius 3 is 2.56 bits per heavy atom. The van der Waals surface area contributed by atoms with Crippen LogP contribution in [0.15, 0.2) is 71.3 Å². The molecular weight excluding hydrogens is 402 g/mol. The van der Waals surface area contributed by atoms with Gasteiger partial charge in [-0.25, -0.2) is 4.68 Å². The maximum atomic E-state index is 12.9. The highest BCUT2D eigenvalue weighted by atomic mass is 16.5. The van der Waals surface area contributed by atoms with E-state index in [1.54, 1.807) is 4.68 Å². The molecule has 7 heteroatoms. The number of carbonyl (C=O) groups is 1. The molecular formula is C25H21N5O2. The van der Waals surface area contributed by atoms with Gasteiger partial charge in [-0.15, -0.1) is 5.10 Å². The van der Waals surface area contributed by atoms with Crippen LogP contribution in [0.3, 0.4) is 0 Å². The number of hydrogen-bond donors (Lipinski definition) is 1. The SMILES string of the molecule is Cc1ccc(NC(=O)c2nnn(-c3ccc4noc(-c5ccccc5)c4c3)c2C)c(C)c1. The lowest BCUT2D eigenvalue weighted by Crippen LogP contribution is -2.15. The zero-order chi connectivity index (χ0) is 22.2. The highest BCUT2D eigenvalue weighted by Crippen LogP contribution is 2.30. The van der Waals surface area contributed by atoms with E-state index >= 15 is 0 Å². The predicted octanol–water partition coefficient (Wildman–Crippen LogP) is 5.25. The van der Waals surface area contributed by atoms with Crippen molar-refractivity contribution in [2.45, 2.75) is 20.8 Å². The maximum Gasteiger partial charge on any atom is 0.278 e. The molecule has 0 radical (unpaired) electrons. The van der Waals surface area contributed by atoms with Gasteiger partial charge in [0.05, 0.1) is 16.8 Å². The second-order valence-corrected chi connectivity index (χ2v) is 7.79. The fourth-order valence-corrected chi connectivity index (χ4v) is 3.78. The summed E-state index contributed by atoms with van der Waals surface area (Å²) in [6, 6.07) is 21.4. The molecule has 0 aliphatic carbocycles. The summed E-state index contributed by atoms with van der Waals surface area (Å²) in [6.07, 6.45) is 0. The van der Waals surface area contributed by atoms with Crippen molar-refractivity contribution in [1.82, 2.24) is 20.2 Å². The highest BCUT2D eigenvalue weighted by Gasteiger charge is 2.19. The summed E-state index contributed by atoms with van der Waals surface area (Å²) in [6.45, 7) is 5.81. The van der Waals surface area contributed by atoms with E-state index < -0.39 is 0 Å². The summed E-state index contributed by atoms with van der Waals surface area (Å²) in [5, 5.41) is 16.3. The Kier molecular flexibility index (Phi) is 4.78. The molecule has 2 heterocycles. The van der Waals surface area contributed by atoms with E-state index in [9.17, 15) is 4.79 Å². The molecule has 32 heavy (non-hydrogen) atoms. The standard InChI is InChI=1S/C25H21N5O2/c1-15-9-11-21(16(2)13-15)26-25(31)23-17(3)30(29-27-23)19-10-12-22-20(14-19)24(32-28-22)18-7-5-4-6-8-18/h4-14H,1-3H3,(H,26,31). The molecule has 1 amide bonds. The van der Waals surface area contributed by atoms with Crippen molar-refractivity contribution in [1.29, 1.82) is 0 Å². The van der Waals surface area contributed by atoms with Gasteiger partial charge in [0.1, 0.15) is 5.52 Å². The van der Waals surface area contributed by atoms with Gasteiger partial charge in [-0.1, -0.05) is 58.4 Å². The normalized spacial score (nSPS) is 11.1. The molecule has 0 unspecified atom stereocenters. The average Bonchev–Trinajstić information content (AvgIpc) is 3.39. The molecule has 0 bridgehead atoms. The number of rotatable bonds is 4. The molecule has 5 aromatic rings. The van der Waals surface area contributed by atoms with Gasteiger partial charge in [0.25, 0.3) is 5.91 Å². The van der Waals surface area contributed by atoms with Crippen molar-refractivity contribution in [3.63, 3.8) is 0 Å². The Bertz CT molecular complexity index is 1450. The van der Waals surface area contributed by atoms with Crippen LogP contribution in [0, 0.1) is 20.8 Å². The second kappa shape index (κ2) is 7.77. The predicted molar refractivity (Wildman–Crippen MR) is 123 cm³/mol. The van der Waals surface area contributed by atoms with Crippen molar-refractivity contribution in [2.24, 2.45) is 0 Å². The topological polar surface area (TPSA) is 85.8 Å². The van der Waals surface area contributed by atoms with Gasteiger partial charge < -0.3 is 9.84 Å². The van der Waals surface area contributed by atoms with Crippen LogP contribution in [0.5, 0.6) is 0 Å². The molecule has 5 rings (SSSR count). The van der Waals surface area contributed by atoms with E-state index in [-0.39, 0.29) is 11.6 Å². The zero-order valence-corrected chi connectivity index (χ0v) is 18.0. The maximum absolute atomic E-state index is 12.9. The van der Waals surface area contributed by atoms with Crippen molar-refractivity contribution in [3.05, 3.63) is 89.2 Å². The Morgan fingerprint density at radius 2 is 1.78 bits per heavy atom. The quantitative estimate of drug-likeness (QED) is 0.426. The number of aromatic nitrogens is 4. The number of carbonyl (C=O) groups excluding carboxylic acids is 1. The number of benzene rings is 3. The van der Waals surface area contributed by atoms with Gasteiger partial charge in [-0.2, -0.15) is 0 Å². The number of hydrogen-bond acceptors (Lipinski definition) is 5. The molecule has 0 saturated heterocycles. The Hall–Kier alpha value is -4.26. The smallest absolute Gasteiger partial charge is 0.278 e. The van der Waals surface area contributed by atoms with E-state index in [2.05, 4.69) is 20.8 Å². The summed E-state index contributed by atoms with van der Waals surface area (Å²) >= 11 is 0. The van der Waals surface area contributed by atoms with Crippen molar-refractivity contribution in [3.8, 4) is 17.0 Å². The number of nitrogens with zero attached hydrogens (tertiary/aromatic N) is 4. The van der Waals surface area contributed by atoms with Crippen LogP contribution >= 0.6 is 0 Å². The Labute approximate surface area is 184 Å². The van der Waals surface area contributed by atoms with Crippen LogP contribution in [0.4, 0.5) is 5.69 Å². The van der Waals surface area contributed by atoms with E-state index in [1.165, 1.54) is 0 Å². The van der Waals surface area contributed by atoms with Crippen LogP contribution in [-0.2, 0) is 0 Å². The Morgan fingerprint density at radius 1 is 0.969 bits per heavy atom. The molecule has 2 aromatic heterocycles. The Balaban J connectivity index is 1.49. The molecule has 158 valence electrons. The first kappa shape index (κ1) is 19.7. The van der Waals surface area contributed by atoms with Crippen molar-refractivity contribution >= 4 is 22.5 Å². The summed E-state index contributed by atoms with van der Waals surface area (Å²) in [5.74, 6) is 0.393. The fraction of sp³-hybridized carbons (Fsp3) is 0.120. The van der Waals surface area contributed by atoms with Gasteiger partial charge >= 0.3 is 0 Å². The van der Waals surface area contributed by atoms with Crippen LogP contribution in [0.25, 0.3) is 27.9 Å². The van der Waals surface area contributed by atoms with Gasteiger partial charge in [0.2, 0.25) is 0 Å². The van der Waals surface area contributed by atoms with Gasteiger partial charge in [-0.3, -0.25) is 4.79 Å². The van der Waals surface area contributed by atoms with E-state index in [1.807, 2.05) is 87.5 Å². The van der Waals surface area contributed by atoms with Gasteiger partial charge in [-0.05, 0) is 50.6 Å². The minimum Gasteiger partial charge on any atom is -0.355 e. The lowest BCUT2D eigenvalue weighted by molar-refractivity contribution is 0.102. The number of amides is 1. The molecule has 0 saturated carbocycles. The van der Waals surface area contributed by atoms with E-state index in [0.29, 0.717) is 11.5 Å². The second-order valence-electron chi connectivity index (χ2n) is 7.79.